The SMILES string of the molecule is Brc1ccc(Br)c(C(Br)Cc2nc3ccccc3o2)c1. The molecule has 1 atom stereocenters. The molecule has 0 aliphatic heterocycles. The molecule has 0 bridgehead atoms. The molecule has 102 valence electrons. The van der Waals surface area contributed by atoms with Gasteiger partial charge in [0.1, 0.15) is 5.52 Å². The van der Waals surface area contributed by atoms with Crippen LogP contribution in [0.25, 0.3) is 11.1 Å². The van der Waals surface area contributed by atoms with Crippen molar-refractivity contribution >= 4 is 58.9 Å². The Kier molecular flexibility index (Phi) is 4.29. The molecule has 3 aromatic rings. The number of oxazole rings is 1. The van der Waals surface area contributed by atoms with Crippen LogP contribution in [-0.2, 0) is 6.42 Å². The average Bonchev–Trinajstić information content (AvgIpc) is 2.83. The average molecular weight is 460 g/mol. The molecule has 0 N–H and O–H groups in total. The molecule has 5 heteroatoms. The molecule has 0 saturated carbocycles. The summed E-state index contributed by atoms with van der Waals surface area (Å²) in [4.78, 5) is 4.65. The molecule has 2 aromatic carbocycles. The predicted molar refractivity (Wildman–Crippen MR) is 91.2 cm³/mol. The molecule has 3 rings (SSSR count). The second-order valence-corrected chi connectivity index (χ2v) is 7.29. The zero-order valence-corrected chi connectivity index (χ0v) is 15.1. The van der Waals surface area contributed by atoms with E-state index in [2.05, 4.69) is 58.8 Å². The van der Waals surface area contributed by atoms with E-state index in [1.807, 2.05) is 36.4 Å². The van der Waals surface area contributed by atoms with Gasteiger partial charge in [0, 0.05) is 20.2 Å². The van der Waals surface area contributed by atoms with E-state index in [1.165, 1.54) is 5.56 Å². The Labute approximate surface area is 142 Å². The van der Waals surface area contributed by atoms with Gasteiger partial charge in [-0.3, -0.25) is 0 Å². The van der Waals surface area contributed by atoms with Crippen molar-refractivity contribution in [3.05, 3.63) is 62.9 Å². The molecule has 20 heavy (non-hydrogen) atoms. The van der Waals surface area contributed by atoms with Gasteiger partial charge in [0.2, 0.25) is 0 Å². The number of benzene rings is 2. The summed E-state index contributed by atoms with van der Waals surface area (Å²) in [5.74, 6) is 0.736. The van der Waals surface area contributed by atoms with Gasteiger partial charge < -0.3 is 4.42 Å². The third-order valence-electron chi connectivity index (χ3n) is 2.99. The third-order valence-corrected chi connectivity index (χ3v) is 5.02. The summed E-state index contributed by atoms with van der Waals surface area (Å²) in [7, 11) is 0. The minimum absolute atomic E-state index is 0.141. The van der Waals surface area contributed by atoms with E-state index in [1.54, 1.807) is 0 Å². The Morgan fingerprint density at radius 1 is 1.10 bits per heavy atom. The monoisotopic (exact) mass is 457 g/mol. The van der Waals surface area contributed by atoms with Crippen molar-refractivity contribution in [3.63, 3.8) is 0 Å². The fourth-order valence-corrected chi connectivity index (χ4v) is 3.89. The Morgan fingerprint density at radius 2 is 1.90 bits per heavy atom. The van der Waals surface area contributed by atoms with E-state index < -0.39 is 0 Å². The molecule has 0 saturated heterocycles. The fourth-order valence-electron chi connectivity index (χ4n) is 2.03. The molecule has 0 aliphatic rings. The minimum Gasteiger partial charge on any atom is -0.441 e. The number of alkyl halides is 1. The maximum absolute atomic E-state index is 5.76. The van der Waals surface area contributed by atoms with Gasteiger partial charge in [-0.2, -0.15) is 0 Å². The maximum atomic E-state index is 5.76. The summed E-state index contributed by atoms with van der Waals surface area (Å²) in [5, 5.41) is 0. The highest BCUT2D eigenvalue weighted by atomic mass is 79.9. The zero-order chi connectivity index (χ0) is 14.1. The molecule has 0 fully saturated rings. The van der Waals surface area contributed by atoms with Crippen LogP contribution in [0.15, 0.2) is 55.8 Å². The van der Waals surface area contributed by atoms with Crippen molar-refractivity contribution in [1.29, 1.82) is 0 Å². The van der Waals surface area contributed by atoms with Gasteiger partial charge in [-0.05, 0) is 35.9 Å². The van der Waals surface area contributed by atoms with E-state index >= 15 is 0 Å². The second-order valence-electron chi connectivity index (χ2n) is 4.41. The van der Waals surface area contributed by atoms with Crippen molar-refractivity contribution in [2.24, 2.45) is 0 Å². The first-order valence-corrected chi connectivity index (χ1v) is 8.57. The van der Waals surface area contributed by atoms with Crippen LogP contribution in [0.3, 0.4) is 0 Å². The van der Waals surface area contributed by atoms with Gasteiger partial charge in [0.25, 0.3) is 0 Å². The topological polar surface area (TPSA) is 26.0 Å². The lowest BCUT2D eigenvalue weighted by Crippen LogP contribution is -1.97. The van der Waals surface area contributed by atoms with E-state index in [9.17, 15) is 0 Å². The van der Waals surface area contributed by atoms with Gasteiger partial charge in [-0.1, -0.05) is 59.9 Å². The van der Waals surface area contributed by atoms with E-state index in [0.717, 1.165) is 25.9 Å². The first-order valence-electron chi connectivity index (χ1n) is 6.07. The number of hydrogen-bond acceptors (Lipinski definition) is 2. The van der Waals surface area contributed by atoms with Crippen LogP contribution < -0.4 is 0 Å². The van der Waals surface area contributed by atoms with Gasteiger partial charge in [0.05, 0.1) is 0 Å². The zero-order valence-electron chi connectivity index (χ0n) is 10.3. The summed E-state index contributed by atoms with van der Waals surface area (Å²) < 4.78 is 7.88. The van der Waals surface area contributed by atoms with E-state index in [-0.39, 0.29) is 4.83 Å². The number of aromatic nitrogens is 1. The number of nitrogens with zero attached hydrogens (tertiary/aromatic N) is 1. The molecule has 1 heterocycles. The Bertz CT molecular complexity index is 721. The van der Waals surface area contributed by atoms with Crippen LogP contribution in [0.2, 0.25) is 0 Å². The Balaban J connectivity index is 1.88. The van der Waals surface area contributed by atoms with Crippen molar-refractivity contribution in [2.45, 2.75) is 11.2 Å². The Hall–Kier alpha value is -0.650. The Morgan fingerprint density at radius 3 is 2.70 bits per heavy atom. The van der Waals surface area contributed by atoms with Crippen LogP contribution in [0.4, 0.5) is 0 Å². The number of halogens is 3. The quantitative estimate of drug-likeness (QED) is 0.447. The lowest BCUT2D eigenvalue weighted by molar-refractivity contribution is 0.527. The molecule has 1 unspecified atom stereocenters. The highest BCUT2D eigenvalue weighted by Gasteiger charge is 2.16. The lowest BCUT2D eigenvalue weighted by Gasteiger charge is -2.10. The first-order chi connectivity index (χ1) is 9.63. The van der Waals surface area contributed by atoms with Crippen LogP contribution in [0, 0.1) is 0 Å². The molecule has 0 spiro atoms. The molecule has 1 aromatic heterocycles. The van der Waals surface area contributed by atoms with Crippen molar-refractivity contribution < 1.29 is 4.42 Å². The van der Waals surface area contributed by atoms with E-state index in [0.29, 0.717) is 6.42 Å². The molecular weight excluding hydrogens is 450 g/mol. The molecule has 0 aliphatic carbocycles. The highest BCUT2D eigenvalue weighted by molar-refractivity contribution is 9.11. The summed E-state index contributed by atoms with van der Waals surface area (Å²) in [6.07, 6.45) is 0.698. The number of rotatable bonds is 3. The molecule has 0 amide bonds. The summed E-state index contributed by atoms with van der Waals surface area (Å²) in [6.45, 7) is 0. The molecule has 0 radical (unpaired) electrons. The van der Waals surface area contributed by atoms with Gasteiger partial charge in [0.15, 0.2) is 11.5 Å². The van der Waals surface area contributed by atoms with E-state index in [4.69, 9.17) is 4.42 Å². The van der Waals surface area contributed by atoms with Gasteiger partial charge >= 0.3 is 0 Å². The third kappa shape index (κ3) is 3.00. The predicted octanol–water partition coefficient (Wildman–Crippen LogP) is 6.03. The van der Waals surface area contributed by atoms with Crippen molar-refractivity contribution in [2.75, 3.05) is 0 Å². The summed E-state index contributed by atoms with van der Waals surface area (Å²) in [6, 6.07) is 13.9. The maximum Gasteiger partial charge on any atom is 0.196 e. The second kappa shape index (κ2) is 6.00. The van der Waals surface area contributed by atoms with Gasteiger partial charge in [-0.25, -0.2) is 4.98 Å². The van der Waals surface area contributed by atoms with Crippen molar-refractivity contribution in [1.82, 2.24) is 4.98 Å². The van der Waals surface area contributed by atoms with Crippen LogP contribution in [0.5, 0.6) is 0 Å². The summed E-state index contributed by atoms with van der Waals surface area (Å²) >= 11 is 10.8. The smallest absolute Gasteiger partial charge is 0.196 e. The minimum atomic E-state index is 0.141. The van der Waals surface area contributed by atoms with Crippen LogP contribution >= 0.6 is 47.8 Å². The van der Waals surface area contributed by atoms with Crippen LogP contribution in [-0.4, -0.2) is 4.98 Å². The summed E-state index contributed by atoms with van der Waals surface area (Å²) in [5.41, 5.74) is 2.90. The van der Waals surface area contributed by atoms with Crippen LogP contribution in [0.1, 0.15) is 16.3 Å². The van der Waals surface area contributed by atoms with Gasteiger partial charge in [-0.15, -0.1) is 0 Å². The fraction of sp³-hybridized carbons (Fsp3) is 0.133. The molecular formula is C15H10Br3NO. The number of fused-ring (bicyclic) bond motifs is 1. The number of hydrogen-bond donors (Lipinski definition) is 0. The standard InChI is InChI=1S/C15H10Br3NO/c16-9-5-6-11(17)10(7-9)12(18)8-15-19-13-3-1-2-4-14(13)20-15/h1-7,12H,8H2. The molecule has 2 nitrogen and oxygen atoms in total. The normalized spacial score (nSPS) is 12.8. The highest BCUT2D eigenvalue weighted by Crippen LogP contribution is 2.34. The first kappa shape index (κ1) is 14.3. The number of para-hydroxylation sites is 2. The lowest BCUT2D eigenvalue weighted by atomic mass is 10.1. The van der Waals surface area contributed by atoms with Crippen molar-refractivity contribution in [3.8, 4) is 0 Å². The largest absolute Gasteiger partial charge is 0.441 e.